The van der Waals surface area contributed by atoms with Crippen LogP contribution in [0.4, 0.5) is 0 Å². The van der Waals surface area contributed by atoms with Gasteiger partial charge in [0, 0.05) is 13.6 Å². The zero-order valence-corrected chi connectivity index (χ0v) is 11.6. The van der Waals surface area contributed by atoms with Gasteiger partial charge in [-0.25, -0.2) is 4.98 Å². The molecule has 0 aliphatic carbocycles. The zero-order valence-electron chi connectivity index (χ0n) is 17.7. The third kappa shape index (κ3) is 2.55. The van der Waals surface area contributed by atoms with Crippen LogP contribution in [0.1, 0.15) is 51.0 Å². The Morgan fingerprint density at radius 3 is 2.56 bits per heavy atom. The average molecular weight is 276 g/mol. The monoisotopic (exact) mass is 276 g/mol. The minimum absolute atomic E-state index is 0.244. The topological polar surface area (TPSA) is 40.6 Å². The Balaban J connectivity index is 2.25. The van der Waals surface area contributed by atoms with E-state index in [2.05, 4.69) is 4.98 Å². The number of rotatable bonds is 3. The Morgan fingerprint density at radius 1 is 1.39 bits per heavy atom. The lowest BCUT2D eigenvalue weighted by atomic mass is 9.86. The lowest BCUT2D eigenvalue weighted by Crippen LogP contribution is -2.41. The van der Waals surface area contributed by atoms with Gasteiger partial charge in [0.1, 0.15) is 0 Å². The van der Waals surface area contributed by atoms with Crippen molar-refractivity contribution in [3.05, 3.63) is 5.38 Å². The minimum Gasteiger partial charge on any atom is -0.467 e. The highest BCUT2D eigenvalue weighted by atomic mass is 32.1. The summed E-state index contributed by atoms with van der Waals surface area (Å²) in [6.07, 6.45) is -3.12. The maximum absolute atomic E-state index is 7.86. The molecule has 1 aromatic rings. The van der Waals surface area contributed by atoms with E-state index in [4.69, 9.17) is 23.6 Å². The molecule has 18 heavy (non-hydrogen) atoms. The summed E-state index contributed by atoms with van der Waals surface area (Å²) in [4.78, 5) is 4.06. The quantitative estimate of drug-likeness (QED) is 0.794. The summed E-state index contributed by atoms with van der Waals surface area (Å²) in [5.41, 5.74) is -0.838. The molecule has 2 heterocycles. The molecule has 1 aliphatic heterocycles. The first-order chi connectivity index (χ1) is 11.0. The maximum Gasteiger partial charge on any atom is 0.515 e. The Labute approximate surface area is 123 Å². The second-order valence-electron chi connectivity index (χ2n) is 5.06. The van der Waals surface area contributed by atoms with Gasteiger partial charge >= 0.3 is 7.12 Å². The molecule has 100 valence electrons. The van der Waals surface area contributed by atoms with Gasteiger partial charge in [-0.1, -0.05) is 11.3 Å². The summed E-state index contributed by atoms with van der Waals surface area (Å²) in [5.74, 6) is 0. The molecule has 1 aromatic heterocycles. The largest absolute Gasteiger partial charge is 0.515 e. The fourth-order valence-electron chi connectivity index (χ4n) is 1.48. The summed E-state index contributed by atoms with van der Waals surface area (Å²) in [6, 6.07) is 0. The predicted octanol–water partition coefficient (Wildman–Crippen LogP) is 2.23. The van der Waals surface area contributed by atoms with Crippen molar-refractivity contribution in [3.8, 4) is 5.19 Å². The van der Waals surface area contributed by atoms with Crippen molar-refractivity contribution in [1.82, 2.24) is 4.98 Å². The summed E-state index contributed by atoms with van der Waals surface area (Å²) < 4.78 is 68.7. The number of hydrogen-bond donors (Lipinski definition) is 0. The number of aromatic nitrogens is 1. The highest BCUT2D eigenvalue weighted by Gasteiger charge is 2.52. The molecule has 6 heteroatoms. The molecule has 1 aliphatic rings. The van der Waals surface area contributed by atoms with Gasteiger partial charge in [0.2, 0.25) is 0 Å². The summed E-state index contributed by atoms with van der Waals surface area (Å²) >= 11 is 0.882. The van der Waals surface area contributed by atoms with Gasteiger partial charge in [-0.15, -0.1) is 0 Å². The van der Waals surface area contributed by atoms with Crippen molar-refractivity contribution < 1.29 is 23.6 Å². The fourth-order valence-corrected chi connectivity index (χ4v) is 2.15. The van der Waals surface area contributed by atoms with Crippen molar-refractivity contribution in [2.24, 2.45) is 0 Å². The molecule has 1 saturated heterocycles. The van der Waals surface area contributed by atoms with Gasteiger partial charge in [0.15, 0.2) is 0 Å². The molecule has 1 fully saturated rings. The summed E-state index contributed by atoms with van der Waals surface area (Å²) in [7, 11) is -0.792. The summed E-state index contributed by atoms with van der Waals surface area (Å²) in [6.45, 7) is 1.11. The average Bonchev–Trinajstić information content (AvgIpc) is 2.90. The van der Waals surface area contributed by atoms with E-state index in [1.54, 1.807) is 0 Å². The van der Waals surface area contributed by atoms with Crippen molar-refractivity contribution in [2.45, 2.75) is 58.7 Å². The van der Waals surface area contributed by atoms with Crippen LogP contribution in [0.2, 0.25) is 0 Å². The van der Waals surface area contributed by atoms with Crippen LogP contribution in [0.5, 0.6) is 5.19 Å². The molecule has 0 atom stereocenters. The van der Waals surface area contributed by atoms with E-state index in [1.165, 1.54) is 5.38 Å². The lowest BCUT2D eigenvalue weighted by Gasteiger charge is -2.32. The molecule has 0 amide bonds. The number of nitrogens with zero attached hydrogens (tertiary/aromatic N) is 1. The highest BCUT2D eigenvalue weighted by Crippen LogP contribution is 2.36. The molecule has 0 bridgehead atoms. The van der Waals surface area contributed by atoms with Crippen LogP contribution in [0.3, 0.4) is 0 Å². The predicted molar refractivity (Wildman–Crippen MR) is 73.6 cm³/mol. The van der Waals surface area contributed by atoms with Gasteiger partial charge in [-0.2, -0.15) is 0 Å². The lowest BCUT2D eigenvalue weighted by molar-refractivity contribution is 0.00578. The Hall–Kier alpha value is -0.585. The Bertz CT molecular complexity index is 613. The second-order valence-corrected chi connectivity index (χ2v) is 5.88. The van der Waals surface area contributed by atoms with Crippen LogP contribution >= 0.6 is 11.3 Å². The van der Waals surface area contributed by atoms with Crippen LogP contribution in [0.25, 0.3) is 0 Å². The highest BCUT2D eigenvalue weighted by molar-refractivity contribution is 7.12. The Morgan fingerprint density at radius 2 is 2.00 bits per heavy atom. The van der Waals surface area contributed by atoms with E-state index >= 15 is 0 Å². The molecule has 0 saturated carbocycles. The van der Waals surface area contributed by atoms with E-state index in [0.717, 1.165) is 11.3 Å². The fraction of sp³-hybridized carbons (Fsp3) is 0.750. The molecule has 2 rings (SSSR count). The minimum atomic E-state index is -3.19. The van der Waals surface area contributed by atoms with Crippen LogP contribution in [0, 0.1) is 0 Å². The van der Waals surface area contributed by atoms with Crippen molar-refractivity contribution in [1.29, 1.82) is 0 Å². The molecular formula is C12H20BNO3S. The van der Waals surface area contributed by atoms with Crippen LogP contribution in [-0.4, -0.2) is 29.4 Å². The van der Waals surface area contributed by atoms with Crippen LogP contribution < -0.4 is 10.3 Å². The van der Waals surface area contributed by atoms with Crippen molar-refractivity contribution in [3.63, 3.8) is 0 Å². The van der Waals surface area contributed by atoms with Gasteiger partial charge in [-0.3, -0.25) is 0 Å². The molecule has 0 aromatic carbocycles. The van der Waals surface area contributed by atoms with Gasteiger partial charge in [0.05, 0.1) is 24.2 Å². The van der Waals surface area contributed by atoms with E-state index < -0.39 is 38.1 Å². The van der Waals surface area contributed by atoms with Crippen molar-refractivity contribution in [2.75, 3.05) is 0 Å². The first-order valence-corrected chi connectivity index (χ1v) is 6.38. The first-order valence-electron chi connectivity index (χ1n) is 9.00. The molecule has 0 N–H and O–H groups in total. The number of thiazole rings is 1. The normalized spacial score (nSPS) is 29.3. The van der Waals surface area contributed by atoms with Gasteiger partial charge in [0.25, 0.3) is 5.19 Å². The maximum atomic E-state index is 7.86. The number of hydrogen-bond acceptors (Lipinski definition) is 5. The van der Waals surface area contributed by atoms with E-state index in [9.17, 15) is 0 Å². The van der Waals surface area contributed by atoms with E-state index in [1.807, 2.05) is 27.7 Å². The third-order valence-electron chi connectivity index (χ3n) is 3.18. The van der Waals surface area contributed by atoms with Crippen LogP contribution in [-0.2, 0) is 9.31 Å². The van der Waals surface area contributed by atoms with Gasteiger partial charge in [-0.05, 0) is 41.4 Å². The Kier molecular flexibility index (Phi) is 1.82. The van der Waals surface area contributed by atoms with Crippen LogP contribution in [0.15, 0.2) is 5.38 Å². The smallest absolute Gasteiger partial charge is 0.467 e. The van der Waals surface area contributed by atoms with E-state index in [-0.39, 0.29) is 5.19 Å². The van der Waals surface area contributed by atoms with E-state index in [0.29, 0.717) is 5.59 Å². The molecule has 0 spiro atoms. The molecule has 0 unspecified atom stereocenters. The molecule has 0 radical (unpaired) electrons. The third-order valence-corrected chi connectivity index (χ3v) is 3.92. The first kappa shape index (κ1) is 7.26. The standard InChI is InChI=1S/C12H20BNO3S/c1-8(2)15-10-14-9(7-18-10)13-16-11(3,4)12(5,6)17-13/h7-8H,1-6H3/i1D3,2D3,8D. The number of ether oxygens (including phenoxy) is 1. The summed E-state index contributed by atoms with van der Waals surface area (Å²) in [5, 5.41) is 1.28. The molecule has 4 nitrogen and oxygen atoms in total. The van der Waals surface area contributed by atoms with Gasteiger partial charge < -0.3 is 14.0 Å². The second kappa shape index (κ2) is 4.51. The van der Waals surface area contributed by atoms with Crippen molar-refractivity contribution >= 4 is 24.0 Å². The molecular weight excluding hydrogens is 249 g/mol. The zero-order chi connectivity index (χ0) is 19.5. The SMILES string of the molecule is [2H]C([2H])([2H])C([2H])(Oc1nc(B2OC(C)(C)C(C)(C)O2)cs1)C([2H])([2H])[2H].